The minimum Gasteiger partial charge on any atom is -0.311 e. The molecular weight excluding hydrogens is 270 g/mol. The summed E-state index contributed by atoms with van der Waals surface area (Å²) in [6.07, 6.45) is 3.52. The second kappa shape index (κ2) is 6.84. The molecule has 0 amide bonds. The van der Waals surface area contributed by atoms with Crippen molar-refractivity contribution in [1.29, 1.82) is 0 Å². The molecule has 0 aliphatic carbocycles. The molecule has 21 heavy (non-hydrogen) atoms. The Morgan fingerprint density at radius 2 is 1.81 bits per heavy atom. The molecule has 1 heterocycles. The maximum absolute atomic E-state index is 13.3. The molecule has 0 saturated carbocycles. The Kier molecular flexibility index (Phi) is 5.33. The van der Waals surface area contributed by atoms with E-state index in [9.17, 15) is 8.78 Å². The maximum atomic E-state index is 13.3. The molecule has 2 rings (SSSR count). The van der Waals surface area contributed by atoms with E-state index in [0.29, 0.717) is 12.6 Å². The third-order valence-corrected chi connectivity index (χ3v) is 3.93. The molecule has 0 spiro atoms. The number of nitrogens with one attached hydrogen (secondary N) is 1. The lowest BCUT2D eigenvalue weighted by Gasteiger charge is -2.37. The topological polar surface area (TPSA) is 15.3 Å². The van der Waals surface area contributed by atoms with E-state index in [1.807, 2.05) is 0 Å². The highest BCUT2D eigenvalue weighted by Gasteiger charge is 2.24. The van der Waals surface area contributed by atoms with Gasteiger partial charge in [0.15, 0.2) is 0 Å². The number of rotatable bonds is 4. The van der Waals surface area contributed by atoms with Crippen LogP contribution in [0.1, 0.15) is 45.6 Å². The minimum absolute atomic E-state index is 0.0913. The van der Waals surface area contributed by atoms with Crippen LogP contribution in [0.4, 0.5) is 8.78 Å². The fourth-order valence-corrected chi connectivity index (χ4v) is 2.86. The molecule has 1 aromatic rings. The van der Waals surface area contributed by atoms with Crippen LogP contribution in [0.5, 0.6) is 0 Å². The van der Waals surface area contributed by atoms with Gasteiger partial charge in [-0.15, -0.1) is 0 Å². The van der Waals surface area contributed by atoms with Crippen molar-refractivity contribution < 1.29 is 8.78 Å². The molecule has 1 aliphatic heterocycles. The molecule has 0 bridgehead atoms. The van der Waals surface area contributed by atoms with Gasteiger partial charge in [-0.05, 0) is 57.9 Å². The lowest BCUT2D eigenvalue weighted by molar-refractivity contribution is 0.131. The van der Waals surface area contributed by atoms with Crippen LogP contribution in [-0.2, 0) is 6.54 Å². The normalized spacial score (nSPS) is 20.7. The van der Waals surface area contributed by atoms with E-state index in [2.05, 4.69) is 31.0 Å². The number of likely N-dealkylation sites (tertiary alicyclic amines) is 1. The Bertz CT molecular complexity index is 448. The second-order valence-electron chi connectivity index (χ2n) is 7.03. The van der Waals surface area contributed by atoms with Gasteiger partial charge >= 0.3 is 0 Å². The molecule has 0 aromatic heterocycles. The average molecular weight is 296 g/mol. The van der Waals surface area contributed by atoms with Gasteiger partial charge in [-0.2, -0.15) is 0 Å². The highest BCUT2D eigenvalue weighted by atomic mass is 19.1. The van der Waals surface area contributed by atoms with Crippen molar-refractivity contribution in [1.82, 2.24) is 10.2 Å². The smallest absolute Gasteiger partial charge is 0.126 e. The fourth-order valence-electron chi connectivity index (χ4n) is 2.86. The van der Waals surface area contributed by atoms with Gasteiger partial charge in [-0.3, -0.25) is 4.90 Å². The van der Waals surface area contributed by atoms with Gasteiger partial charge in [-0.25, -0.2) is 8.78 Å². The van der Waals surface area contributed by atoms with Crippen LogP contribution >= 0.6 is 0 Å². The van der Waals surface area contributed by atoms with E-state index >= 15 is 0 Å². The van der Waals surface area contributed by atoms with Gasteiger partial charge in [-0.1, -0.05) is 6.42 Å². The van der Waals surface area contributed by atoms with Crippen LogP contribution in [0, 0.1) is 11.6 Å². The van der Waals surface area contributed by atoms with Crippen molar-refractivity contribution in [2.45, 2.75) is 58.2 Å². The average Bonchev–Trinajstić information content (AvgIpc) is 2.35. The highest BCUT2D eigenvalue weighted by Crippen LogP contribution is 2.20. The summed E-state index contributed by atoms with van der Waals surface area (Å²) in [4.78, 5) is 2.34. The van der Waals surface area contributed by atoms with Gasteiger partial charge in [0.25, 0.3) is 0 Å². The first kappa shape index (κ1) is 16.4. The van der Waals surface area contributed by atoms with E-state index in [1.165, 1.54) is 18.6 Å². The predicted molar refractivity (Wildman–Crippen MR) is 82.2 cm³/mol. The van der Waals surface area contributed by atoms with Gasteiger partial charge in [0, 0.05) is 30.7 Å². The van der Waals surface area contributed by atoms with E-state index in [1.54, 1.807) is 0 Å². The van der Waals surface area contributed by atoms with Crippen molar-refractivity contribution in [2.75, 3.05) is 13.1 Å². The Morgan fingerprint density at radius 1 is 1.14 bits per heavy atom. The summed E-state index contributed by atoms with van der Waals surface area (Å²) in [6.45, 7) is 8.99. The number of halogens is 2. The van der Waals surface area contributed by atoms with Gasteiger partial charge in [0.1, 0.15) is 11.6 Å². The highest BCUT2D eigenvalue weighted by molar-refractivity contribution is 5.18. The van der Waals surface area contributed by atoms with Crippen molar-refractivity contribution in [2.24, 2.45) is 0 Å². The summed E-state index contributed by atoms with van der Waals surface area (Å²) in [7, 11) is 0. The minimum atomic E-state index is -0.494. The van der Waals surface area contributed by atoms with Crippen LogP contribution in [-0.4, -0.2) is 29.6 Å². The zero-order valence-electron chi connectivity index (χ0n) is 13.3. The molecule has 1 saturated heterocycles. The SMILES string of the molecule is CC(C)(C)NCC1CCCCN1Cc1cc(F)cc(F)c1. The van der Waals surface area contributed by atoms with Crippen LogP contribution in [0.25, 0.3) is 0 Å². The number of hydrogen-bond acceptors (Lipinski definition) is 2. The third-order valence-electron chi connectivity index (χ3n) is 3.93. The molecule has 2 nitrogen and oxygen atoms in total. The molecular formula is C17H26F2N2. The first-order valence-electron chi connectivity index (χ1n) is 7.77. The van der Waals surface area contributed by atoms with Crippen LogP contribution in [0.2, 0.25) is 0 Å². The second-order valence-corrected chi connectivity index (χ2v) is 7.03. The summed E-state index contributed by atoms with van der Waals surface area (Å²) in [6, 6.07) is 4.24. The van der Waals surface area contributed by atoms with Crippen LogP contribution < -0.4 is 5.32 Å². The zero-order valence-corrected chi connectivity index (χ0v) is 13.3. The maximum Gasteiger partial charge on any atom is 0.126 e. The summed E-state index contributed by atoms with van der Waals surface area (Å²) in [5.41, 5.74) is 0.809. The standard InChI is InChI=1S/C17H26F2N2/c1-17(2,3)20-11-16-6-4-5-7-21(16)12-13-8-14(18)10-15(19)9-13/h8-10,16,20H,4-7,11-12H2,1-3H3. The van der Waals surface area contributed by atoms with Crippen molar-refractivity contribution >= 4 is 0 Å². The Balaban J connectivity index is 2.01. The molecule has 1 atom stereocenters. The fraction of sp³-hybridized carbons (Fsp3) is 0.647. The Labute approximate surface area is 126 Å². The van der Waals surface area contributed by atoms with E-state index in [4.69, 9.17) is 0 Å². The van der Waals surface area contributed by atoms with Gasteiger partial charge in [0.2, 0.25) is 0 Å². The zero-order chi connectivity index (χ0) is 15.5. The molecule has 4 heteroatoms. The monoisotopic (exact) mass is 296 g/mol. The summed E-state index contributed by atoms with van der Waals surface area (Å²) in [5, 5.41) is 3.54. The molecule has 1 N–H and O–H groups in total. The first-order valence-corrected chi connectivity index (χ1v) is 7.77. The number of benzene rings is 1. The Hall–Kier alpha value is -1.00. The lowest BCUT2D eigenvalue weighted by atomic mass is 9.99. The summed E-state index contributed by atoms with van der Waals surface area (Å²) < 4.78 is 26.6. The van der Waals surface area contributed by atoms with E-state index in [-0.39, 0.29) is 5.54 Å². The molecule has 1 fully saturated rings. The number of nitrogens with zero attached hydrogens (tertiary/aromatic N) is 1. The van der Waals surface area contributed by atoms with Crippen LogP contribution in [0.15, 0.2) is 18.2 Å². The molecule has 1 unspecified atom stereocenters. The summed E-state index contributed by atoms with van der Waals surface area (Å²) >= 11 is 0. The first-order chi connectivity index (χ1) is 9.83. The van der Waals surface area contributed by atoms with E-state index in [0.717, 1.165) is 37.6 Å². The van der Waals surface area contributed by atoms with Crippen molar-refractivity contribution in [3.63, 3.8) is 0 Å². The lowest BCUT2D eigenvalue weighted by Crippen LogP contribution is -2.49. The van der Waals surface area contributed by atoms with Crippen LogP contribution in [0.3, 0.4) is 0 Å². The molecule has 1 aromatic carbocycles. The van der Waals surface area contributed by atoms with Crippen molar-refractivity contribution in [3.8, 4) is 0 Å². The van der Waals surface area contributed by atoms with Gasteiger partial charge in [0.05, 0.1) is 0 Å². The predicted octanol–water partition coefficient (Wildman–Crippen LogP) is 3.71. The molecule has 0 radical (unpaired) electrons. The Morgan fingerprint density at radius 3 is 2.43 bits per heavy atom. The largest absolute Gasteiger partial charge is 0.311 e. The van der Waals surface area contributed by atoms with Crippen molar-refractivity contribution in [3.05, 3.63) is 35.4 Å². The number of piperidine rings is 1. The number of hydrogen-bond donors (Lipinski definition) is 1. The quantitative estimate of drug-likeness (QED) is 0.911. The van der Waals surface area contributed by atoms with E-state index < -0.39 is 11.6 Å². The molecule has 1 aliphatic rings. The summed E-state index contributed by atoms with van der Waals surface area (Å²) in [5.74, 6) is -0.988. The molecule has 118 valence electrons. The van der Waals surface area contributed by atoms with Gasteiger partial charge < -0.3 is 5.32 Å². The third kappa shape index (κ3) is 5.36.